The molecule has 26 heavy (non-hydrogen) atoms. The highest BCUT2D eigenvalue weighted by atomic mass is 35.5. The van der Waals surface area contributed by atoms with Crippen molar-refractivity contribution in [3.8, 4) is 0 Å². The van der Waals surface area contributed by atoms with Crippen LogP contribution in [-0.2, 0) is 19.6 Å². The number of hydrogen-bond donors (Lipinski definition) is 0. The number of carbonyl (C=O) groups excluding carboxylic acids is 1. The summed E-state index contributed by atoms with van der Waals surface area (Å²) in [4.78, 5) is 21.8. The van der Waals surface area contributed by atoms with E-state index in [1.54, 1.807) is 6.92 Å². The second-order valence-electron chi connectivity index (χ2n) is 5.05. The third kappa shape index (κ3) is 4.50. The second-order valence-corrected chi connectivity index (χ2v) is 7.35. The number of non-ortho nitro benzene ring substituents is 1. The van der Waals surface area contributed by atoms with Gasteiger partial charge in [-0.15, -0.1) is 0 Å². The van der Waals surface area contributed by atoms with Gasteiger partial charge in [-0.05, 0) is 37.3 Å². The Morgan fingerprint density at radius 3 is 2.46 bits per heavy atom. The maximum Gasteiger partial charge on any atom is 0.326 e. The summed E-state index contributed by atoms with van der Waals surface area (Å²) in [6, 6.07) is 10.4. The molecule has 0 N–H and O–H groups in total. The van der Waals surface area contributed by atoms with Crippen molar-refractivity contribution in [1.82, 2.24) is 0 Å². The first kappa shape index (κ1) is 19.7. The zero-order valence-corrected chi connectivity index (χ0v) is 15.2. The van der Waals surface area contributed by atoms with Gasteiger partial charge in [0.2, 0.25) is 0 Å². The molecule has 0 atom stereocenters. The van der Waals surface area contributed by atoms with Crippen molar-refractivity contribution < 1.29 is 22.9 Å². The number of benzene rings is 2. The van der Waals surface area contributed by atoms with Crippen molar-refractivity contribution in [1.29, 1.82) is 0 Å². The van der Waals surface area contributed by atoms with E-state index in [0.29, 0.717) is 5.02 Å². The Hall–Kier alpha value is -2.65. The zero-order chi connectivity index (χ0) is 19.3. The first-order valence-electron chi connectivity index (χ1n) is 7.44. The monoisotopic (exact) mass is 398 g/mol. The van der Waals surface area contributed by atoms with E-state index in [-0.39, 0.29) is 22.9 Å². The molecule has 0 aromatic heterocycles. The molecule has 0 fully saturated rings. The molecule has 0 bridgehead atoms. The number of sulfonamides is 1. The average Bonchev–Trinajstić information content (AvgIpc) is 2.61. The number of hydrogen-bond acceptors (Lipinski definition) is 6. The summed E-state index contributed by atoms with van der Waals surface area (Å²) in [5.74, 6) is -0.753. The topological polar surface area (TPSA) is 107 Å². The normalized spacial score (nSPS) is 11.0. The number of anilines is 1. The molecule has 0 amide bonds. The molecule has 0 spiro atoms. The standard InChI is InChI=1S/C16H15ClN2O6S/c1-2-25-16(20)11-18(13-8-6-12(17)7-9-13)26(23,24)15-5-3-4-14(10-15)19(21)22/h3-10H,2,11H2,1H3. The van der Waals surface area contributed by atoms with E-state index in [9.17, 15) is 23.3 Å². The number of nitro benzene ring substituents is 1. The number of nitrogens with zero attached hydrogens (tertiary/aromatic N) is 2. The van der Waals surface area contributed by atoms with Crippen LogP contribution in [0.2, 0.25) is 5.02 Å². The number of rotatable bonds is 7. The lowest BCUT2D eigenvalue weighted by Gasteiger charge is -2.23. The van der Waals surface area contributed by atoms with Gasteiger partial charge in [-0.1, -0.05) is 17.7 Å². The summed E-state index contributed by atoms with van der Waals surface area (Å²) in [6.07, 6.45) is 0. The quantitative estimate of drug-likeness (QED) is 0.403. The molecule has 0 saturated carbocycles. The number of carbonyl (C=O) groups is 1. The van der Waals surface area contributed by atoms with E-state index in [2.05, 4.69) is 0 Å². The molecule has 0 unspecified atom stereocenters. The van der Waals surface area contributed by atoms with Crippen LogP contribution in [0.3, 0.4) is 0 Å². The fourth-order valence-electron chi connectivity index (χ4n) is 2.13. The number of nitro groups is 1. The highest BCUT2D eigenvalue weighted by molar-refractivity contribution is 7.92. The van der Waals surface area contributed by atoms with E-state index in [4.69, 9.17) is 16.3 Å². The van der Waals surface area contributed by atoms with Crippen molar-refractivity contribution in [2.24, 2.45) is 0 Å². The molecular weight excluding hydrogens is 384 g/mol. The van der Waals surface area contributed by atoms with Crippen LogP contribution in [0.4, 0.5) is 11.4 Å². The summed E-state index contributed by atoms with van der Waals surface area (Å²) in [5, 5.41) is 11.3. The predicted molar refractivity (Wildman–Crippen MR) is 95.7 cm³/mol. The van der Waals surface area contributed by atoms with Crippen LogP contribution in [0.1, 0.15) is 6.92 Å². The minimum atomic E-state index is -4.25. The van der Waals surface area contributed by atoms with Crippen LogP contribution in [0.15, 0.2) is 53.4 Å². The van der Waals surface area contributed by atoms with E-state index in [1.807, 2.05) is 0 Å². The predicted octanol–water partition coefficient (Wildman–Crippen LogP) is 3.01. The lowest BCUT2D eigenvalue weighted by atomic mass is 10.3. The Kier molecular flexibility index (Phi) is 6.17. The van der Waals surface area contributed by atoms with Gasteiger partial charge in [0.25, 0.3) is 15.7 Å². The second kappa shape index (κ2) is 8.15. The van der Waals surface area contributed by atoms with E-state index < -0.39 is 27.5 Å². The third-order valence-electron chi connectivity index (χ3n) is 3.31. The SMILES string of the molecule is CCOC(=O)CN(c1ccc(Cl)cc1)S(=O)(=O)c1cccc([N+](=O)[O-])c1. The maximum atomic E-state index is 13.0. The molecule has 138 valence electrons. The Balaban J connectivity index is 2.51. The van der Waals surface area contributed by atoms with Gasteiger partial charge in [0.05, 0.1) is 22.1 Å². The average molecular weight is 399 g/mol. The first-order chi connectivity index (χ1) is 12.3. The molecule has 2 rings (SSSR count). The van der Waals surface area contributed by atoms with Gasteiger partial charge in [-0.3, -0.25) is 19.2 Å². The van der Waals surface area contributed by atoms with Gasteiger partial charge in [0, 0.05) is 17.2 Å². The molecular formula is C16H15ClN2O6S. The first-order valence-corrected chi connectivity index (χ1v) is 9.26. The Bertz CT molecular complexity index is 915. The van der Waals surface area contributed by atoms with Crippen LogP contribution in [0.25, 0.3) is 0 Å². The summed E-state index contributed by atoms with van der Waals surface area (Å²) in [7, 11) is -4.25. The molecule has 8 nitrogen and oxygen atoms in total. The van der Waals surface area contributed by atoms with Crippen molar-refractivity contribution >= 4 is 39.0 Å². The number of halogens is 1. The Labute approximate surface area is 155 Å². The lowest BCUT2D eigenvalue weighted by Crippen LogP contribution is -2.36. The van der Waals surface area contributed by atoms with Gasteiger partial charge >= 0.3 is 5.97 Å². The van der Waals surface area contributed by atoms with Crippen molar-refractivity contribution in [3.63, 3.8) is 0 Å². The van der Waals surface area contributed by atoms with E-state index >= 15 is 0 Å². The molecule has 0 heterocycles. The van der Waals surface area contributed by atoms with Crippen LogP contribution in [0, 0.1) is 10.1 Å². The molecule has 2 aromatic rings. The molecule has 0 saturated heterocycles. The van der Waals surface area contributed by atoms with Crippen LogP contribution >= 0.6 is 11.6 Å². The van der Waals surface area contributed by atoms with Crippen molar-refractivity contribution in [2.75, 3.05) is 17.5 Å². The minimum Gasteiger partial charge on any atom is -0.465 e. The highest BCUT2D eigenvalue weighted by Gasteiger charge is 2.29. The molecule has 2 aromatic carbocycles. The maximum absolute atomic E-state index is 13.0. The van der Waals surface area contributed by atoms with Gasteiger partial charge < -0.3 is 4.74 Å². The summed E-state index contributed by atoms with van der Waals surface area (Å²) in [5.41, 5.74) is -0.202. The van der Waals surface area contributed by atoms with Crippen LogP contribution < -0.4 is 4.31 Å². The van der Waals surface area contributed by atoms with Gasteiger partial charge in [-0.25, -0.2) is 8.42 Å². The van der Waals surface area contributed by atoms with Crippen molar-refractivity contribution in [3.05, 3.63) is 63.7 Å². The highest BCUT2D eigenvalue weighted by Crippen LogP contribution is 2.27. The van der Waals surface area contributed by atoms with Crippen molar-refractivity contribution in [2.45, 2.75) is 11.8 Å². The summed E-state index contributed by atoms with van der Waals surface area (Å²) in [6.45, 7) is 1.10. The molecule has 0 aliphatic rings. The fourth-order valence-corrected chi connectivity index (χ4v) is 3.71. The van der Waals surface area contributed by atoms with Gasteiger partial charge in [0.15, 0.2) is 0 Å². The molecule has 10 heteroatoms. The van der Waals surface area contributed by atoms with Gasteiger partial charge in [0.1, 0.15) is 6.54 Å². The van der Waals surface area contributed by atoms with Crippen LogP contribution in [0.5, 0.6) is 0 Å². The number of ether oxygens (including phenoxy) is 1. The van der Waals surface area contributed by atoms with Gasteiger partial charge in [-0.2, -0.15) is 0 Å². The van der Waals surface area contributed by atoms with Crippen LogP contribution in [-0.4, -0.2) is 32.5 Å². The molecule has 0 radical (unpaired) electrons. The zero-order valence-electron chi connectivity index (χ0n) is 13.7. The van der Waals surface area contributed by atoms with E-state index in [0.717, 1.165) is 10.4 Å². The lowest BCUT2D eigenvalue weighted by molar-refractivity contribution is -0.385. The molecule has 0 aliphatic heterocycles. The molecule has 0 aliphatic carbocycles. The third-order valence-corrected chi connectivity index (χ3v) is 5.33. The fraction of sp³-hybridized carbons (Fsp3) is 0.188. The smallest absolute Gasteiger partial charge is 0.326 e. The Morgan fingerprint density at radius 1 is 1.23 bits per heavy atom. The summed E-state index contributed by atoms with van der Waals surface area (Å²) >= 11 is 5.82. The van der Waals surface area contributed by atoms with E-state index in [1.165, 1.54) is 42.5 Å². The largest absolute Gasteiger partial charge is 0.465 e. The minimum absolute atomic E-state index is 0.0874. The Morgan fingerprint density at radius 2 is 1.88 bits per heavy atom. The summed E-state index contributed by atoms with van der Waals surface area (Å²) < 4.78 is 31.6. The number of esters is 1.